The highest BCUT2D eigenvalue weighted by Gasteiger charge is 2.19. The Kier molecular flexibility index (Phi) is 2.97. The van der Waals surface area contributed by atoms with Crippen LogP contribution in [-0.4, -0.2) is 6.61 Å². The molecule has 0 aliphatic carbocycles. The van der Waals surface area contributed by atoms with E-state index >= 15 is 0 Å². The molecule has 2 nitrogen and oxygen atoms in total. The molecule has 0 aromatic heterocycles. The van der Waals surface area contributed by atoms with Crippen LogP contribution in [0.5, 0.6) is 5.75 Å². The van der Waals surface area contributed by atoms with Crippen LogP contribution in [0, 0.1) is 28.8 Å². The van der Waals surface area contributed by atoms with E-state index in [0.717, 1.165) is 0 Å². The fourth-order valence-corrected chi connectivity index (χ4v) is 0.964. The van der Waals surface area contributed by atoms with Gasteiger partial charge in [-0.3, -0.25) is 0 Å². The van der Waals surface area contributed by atoms with Gasteiger partial charge in [0.2, 0.25) is 0 Å². The number of hydrogen-bond acceptors (Lipinski definition) is 2. The van der Waals surface area contributed by atoms with Crippen molar-refractivity contribution in [2.45, 2.75) is 6.92 Å². The fourth-order valence-electron chi connectivity index (χ4n) is 0.964. The molecule has 0 saturated carbocycles. The van der Waals surface area contributed by atoms with Crippen LogP contribution in [-0.2, 0) is 0 Å². The SMILES string of the molecule is CCOc1c(F)cc(F)c(F)c1C#N. The smallest absolute Gasteiger partial charge is 0.180 e. The lowest BCUT2D eigenvalue weighted by molar-refractivity contribution is 0.315. The highest BCUT2D eigenvalue weighted by molar-refractivity contribution is 5.45. The largest absolute Gasteiger partial charge is 0.489 e. The van der Waals surface area contributed by atoms with Crippen LogP contribution in [0.25, 0.3) is 0 Å². The summed E-state index contributed by atoms with van der Waals surface area (Å²) >= 11 is 0. The Morgan fingerprint density at radius 3 is 2.50 bits per heavy atom. The zero-order chi connectivity index (χ0) is 10.7. The number of nitrogens with zero attached hydrogens (tertiary/aromatic N) is 1. The van der Waals surface area contributed by atoms with Gasteiger partial charge in [-0.15, -0.1) is 0 Å². The molecule has 0 N–H and O–H groups in total. The van der Waals surface area contributed by atoms with Crippen LogP contribution in [0.4, 0.5) is 13.2 Å². The van der Waals surface area contributed by atoms with Crippen molar-refractivity contribution in [1.82, 2.24) is 0 Å². The first-order valence-electron chi connectivity index (χ1n) is 3.82. The number of rotatable bonds is 2. The van der Waals surface area contributed by atoms with Crippen LogP contribution in [0.15, 0.2) is 6.07 Å². The molecule has 1 rings (SSSR count). The van der Waals surface area contributed by atoms with Crippen LogP contribution < -0.4 is 4.74 Å². The first kappa shape index (κ1) is 10.4. The van der Waals surface area contributed by atoms with E-state index in [4.69, 9.17) is 10.00 Å². The molecule has 14 heavy (non-hydrogen) atoms. The van der Waals surface area contributed by atoms with Crippen molar-refractivity contribution in [2.75, 3.05) is 6.61 Å². The Morgan fingerprint density at radius 1 is 1.36 bits per heavy atom. The van der Waals surface area contributed by atoms with Gasteiger partial charge in [-0.1, -0.05) is 0 Å². The molecule has 0 unspecified atom stereocenters. The number of hydrogen-bond donors (Lipinski definition) is 0. The van der Waals surface area contributed by atoms with Gasteiger partial charge >= 0.3 is 0 Å². The Morgan fingerprint density at radius 2 is 2.00 bits per heavy atom. The molecule has 0 aliphatic heterocycles. The zero-order valence-corrected chi connectivity index (χ0v) is 7.27. The summed E-state index contributed by atoms with van der Waals surface area (Å²) in [6.07, 6.45) is 0. The molecule has 0 amide bonds. The summed E-state index contributed by atoms with van der Waals surface area (Å²) in [5, 5.41) is 8.47. The molecule has 0 bridgehead atoms. The molecular weight excluding hydrogens is 195 g/mol. The third-order valence-electron chi connectivity index (χ3n) is 1.53. The van der Waals surface area contributed by atoms with E-state index < -0.39 is 28.8 Å². The van der Waals surface area contributed by atoms with Gasteiger partial charge in [0, 0.05) is 6.07 Å². The number of ether oxygens (including phenoxy) is 1. The molecule has 5 heteroatoms. The normalized spacial score (nSPS) is 9.64. The lowest BCUT2D eigenvalue weighted by atomic mass is 10.2. The van der Waals surface area contributed by atoms with E-state index in [9.17, 15) is 13.2 Å². The fraction of sp³-hybridized carbons (Fsp3) is 0.222. The van der Waals surface area contributed by atoms with Crippen molar-refractivity contribution in [2.24, 2.45) is 0 Å². The monoisotopic (exact) mass is 201 g/mol. The van der Waals surface area contributed by atoms with Crippen molar-refractivity contribution >= 4 is 0 Å². The minimum absolute atomic E-state index is 0.0661. The van der Waals surface area contributed by atoms with E-state index in [1.807, 2.05) is 0 Å². The summed E-state index contributed by atoms with van der Waals surface area (Å²) in [5.41, 5.74) is -0.746. The average Bonchev–Trinajstić information content (AvgIpc) is 2.15. The molecule has 0 radical (unpaired) electrons. The van der Waals surface area contributed by atoms with Crippen LogP contribution in [0.3, 0.4) is 0 Å². The zero-order valence-electron chi connectivity index (χ0n) is 7.27. The second-order valence-corrected chi connectivity index (χ2v) is 2.40. The van der Waals surface area contributed by atoms with Crippen LogP contribution in [0.2, 0.25) is 0 Å². The van der Waals surface area contributed by atoms with E-state index in [0.29, 0.717) is 6.07 Å². The molecule has 0 spiro atoms. The maximum absolute atomic E-state index is 13.0. The summed E-state index contributed by atoms with van der Waals surface area (Å²) in [5.74, 6) is -4.42. The van der Waals surface area contributed by atoms with Gasteiger partial charge in [-0.2, -0.15) is 5.26 Å². The van der Waals surface area contributed by atoms with Crippen molar-refractivity contribution in [3.8, 4) is 11.8 Å². The van der Waals surface area contributed by atoms with Crippen LogP contribution in [0.1, 0.15) is 12.5 Å². The van der Waals surface area contributed by atoms with Gasteiger partial charge in [0.1, 0.15) is 11.6 Å². The van der Waals surface area contributed by atoms with Crippen molar-refractivity contribution in [1.29, 1.82) is 5.26 Å². The van der Waals surface area contributed by atoms with Crippen molar-refractivity contribution in [3.63, 3.8) is 0 Å². The van der Waals surface area contributed by atoms with Crippen LogP contribution >= 0.6 is 0 Å². The lowest BCUT2D eigenvalue weighted by Crippen LogP contribution is -2.02. The van der Waals surface area contributed by atoms with Gasteiger partial charge in [0.05, 0.1) is 6.61 Å². The average molecular weight is 201 g/mol. The summed E-state index contributed by atoms with van der Waals surface area (Å²) in [6.45, 7) is 1.61. The number of halogens is 3. The van der Waals surface area contributed by atoms with Crippen molar-refractivity contribution < 1.29 is 17.9 Å². The Balaban J connectivity index is 3.41. The molecule has 1 aromatic carbocycles. The van der Waals surface area contributed by atoms with E-state index in [-0.39, 0.29) is 6.61 Å². The quantitative estimate of drug-likeness (QED) is 0.688. The predicted molar refractivity (Wildman–Crippen MR) is 42.2 cm³/mol. The molecule has 0 atom stereocenters. The summed E-state index contributed by atoms with van der Waals surface area (Å²) in [6, 6.07) is 1.70. The van der Waals surface area contributed by atoms with E-state index in [1.54, 1.807) is 6.92 Å². The minimum atomic E-state index is -1.40. The first-order chi connectivity index (χ1) is 6.61. The topological polar surface area (TPSA) is 33.0 Å². The predicted octanol–water partition coefficient (Wildman–Crippen LogP) is 2.37. The molecule has 1 aromatic rings. The molecule has 74 valence electrons. The van der Waals surface area contributed by atoms with Gasteiger partial charge in [0.25, 0.3) is 0 Å². The number of nitriles is 1. The third kappa shape index (κ3) is 1.64. The van der Waals surface area contributed by atoms with Gasteiger partial charge < -0.3 is 4.74 Å². The Labute approximate surface area is 78.5 Å². The summed E-state index contributed by atoms with van der Waals surface area (Å²) in [7, 11) is 0. The van der Waals surface area contributed by atoms with Gasteiger partial charge in [-0.05, 0) is 6.92 Å². The second kappa shape index (κ2) is 4.01. The van der Waals surface area contributed by atoms with Gasteiger partial charge in [-0.25, -0.2) is 13.2 Å². The highest BCUT2D eigenvalue weighted by atomic mass is 19.2. The maximum Gasteiger partial charge on any atom is 0.180 e. The third-order valence-corrected chi connectivity index (χ3v) is 1.53. The van der Waals surface area contributed by atoms with E-state index in [1.165, 1.54) is 6.07 Å². The second-order valence-electron chi connectivity index (χ2n) is 2.40. The number of benzene rings is 1. The molecular formula is C9H6F3NO. The Hall–Kier alpha value is -1.70. The van der Waals surface area contributed by atoms with Crippen molar-refractivity contribution in [3.05, 3.63) is 29.1 Å². The molecule has 0 fully saturated rings. The first-order valence-corrected chi connectivity index (χ1v) is 3.82. The maximum atomic E-state index is 13.0. The molecule has 0 saturated heterocycles. The summed E-state index contributed by atoms with van der Waals surface area (Å²) < 4.78 is 43.2. The molecule has 0 aliphatic rings. The van der Waals surface area contributed by atoms with E-state index in [2.05, 4.69) is 0 Å². The molecule has 0 heterocycles. The lowest BCUT2D eigenvalue weighted by Gasteiger charge is -2.07. The highest BCUT2D eigenvalue weighted by Crippen LogP contribution is 2.26. The van der Waals surface area contributed by atoms with Gasteiger partial charge in [0.15, 0.2) is 23.2 Å². The minimum Gasteiger partial charge on any atom is -0.489 e. The standard InChI is InChI=1S/C9H6F3NO/c1-2-14-9-5(4-13)8(12)6(10)3-7(9)11/h3H,2H2,1H3. The Bertz CT molecular complexity index is 398. The summed E-state index contributed by atoms with van der Waals surface area (Å²) in [4.78, 5) is 0.